The van der Waals surface area contributed by atoms with Crippen LogP contribution >= 0.6 is 0 Å². The molecule has 0 aromatic heterocycles. The number of rotatable bonds is 5. The van der Waals surface area contributed by atoms with Crippen molar-refractivity contribution in [3.8, 4) is 0 Å². The third-order valence-corrected chi connectivity index (χ3v) is 11.6. The number of fused-ring (bicyclic) bond motifs is 5. The van der Waals surface area contributed by atoms with Crippen LogP contribution in [0, 0.1) is 57.7 Å². The fraction of sp³-hybridized carbons (Fsp3) is 0.963. The first-order valence-electron chi connectivity index (χ1n) is 12.8. The average Bonchev–Trinajstić information content (AvgIpc) is 2.87. The number of hydrogen-bond acceptors (Lipinski definition) is 1. The third-order valence-electron chi connectivity index (χ3n) is 11.6. The predicted molar refractivity (Wildman–Crippen MR) is 116 cm³/mol. The second-order valence-electron chi connectivity index (χ2n) is 12.8. The molecule has 0 heterocycles. The predicted octanol–water partition coefficient (Wildman–Crippen LogP) is 7.29. The Hall–Kier alpha value is -0.330. The van der Waals surface area contributed by atoms with Crippen LogP contribution < -0.4 is 0 Å². The van der Waals surface area contributed by atoms with E-state index in [-0.39, 0.29) is 0 Å². The van der Waals surface area contributed by atoms with Crippen LogP contribution in [-0.4, -0.2) is 5.78 Å². The van der Waals surface area contributed by atoms with Crippen LogP contribution in [0.3, 0.4) is 0 Å². The van der Waals surface area contributed by atoms with Gasteiger partial charge in [-0.15, -0.1) is 0 Å². The van der Waals surface area contributed by atoms with Crippen LogP contribution in [0.2, 0.25) is 0 Å². The molecule has 5 saturated carbocycles. The Balaban J connectivity index is 1.32. The van der Waals surface area contributed by atoms with Gasteiger partial charge in [0.1, 0.15) is 5.78 Å². The minimum Gasteiger partial charge on any atom is -0.299 e. The van der Waals surface area contributed by atoms with Gasteiger partial charge in [0.25, 0.3) is 0 Å². The molecule has 1 spiro atoms. The van der Waals surface area contributed by atoms with E-state index in [0.717, 1.165) is 41.9 Å². The van der Waals surface area contributed by atoms with E-state index < -0.39 is 0 Å². The molecule has 0 aromatic rings. The Bertz CT molecular complexity index is 651. The van der Waals surface area contributed by atoms with Crippen molar-refractivity contribution < 1.29 is 4.79 Å². The average molecular weight is 385 g/mol. The van der Waals surface area contributed by atoms with E-state index in [0.29, 0.717) is 27.9 Å². The molecule has 0 amide bonds. The Kier molecular flexibility index (Phi) is 4.44. The fourth-order valence-electron chi connectivity index (χ4n) is 10.3. The summed E-state index contributed by atoms with van der Waals surface area (Å²) in [7, 11) is 0. The highest BCUT2D eigenvalue weighted by molar-refractivity contribution is 5.90. The van der Waals surface area contributed by atoms with Crippen molar-refractivity contribution in [3.63, 3.8) is 0 Å². The van der Waals surface area contributed by atoms with Crippen LogP contribution in [0.5, 0.6) is 0 Å². The minimum atomic E-state index is 0.396. The molecule has 0 radical (unpaired) electrons. The van der Waals surface area contributed by atoms with Crippen molar-refractivity contribution in [2.24, 2.45) is 57.7 Å². The molecule has 0 bridgehead atoms. The van der Waals surface area contributed by atoms with E-state index in [4.69, 9.17) is 0 Å². The lowest BCUT2D eigenvalue weighted by Crippen LogP contribution is -2.48. The van der Waals surface area contributed by atoms with E-state index in [2.05, 4.69) is 34.6 Å². The fourth-order valence-corrected chi connectivity index (χ4v) is 10.3. The summed E-state index contributed by atoms with van der Waals surface area (Å²) in [4.78, 5) is 12.6. The summed E-state index contributed by atoms with van der Waals surface area (Å²) >= 11 is 0. The molecule has 0 saturated heterocycles. The maximum atomic E-state index is 12.6. The highest BCUT2D eigenvalue weighted by Gasteiger charge is 2.82. The molecule has 1 heteroatoms. The standard InChI is InChI=1S/C27H44O/c1-17(2)7-6-8-18(3)20-9-10-21-19-11-15-27-16-13-23(28)24(27)26(27,5)22(19)12-14-25(20,21)4/h17-22,24H,6-16H2,1-5H3/t18-,19+,20-,21+,22+,24-,25-,26+,27-/m1/s1. The van der Waals surface area contributed by atoms with Crippen molar-refractivity contribution in [1.29, 1.82) is 0 Å². The normalized spacial score (nSPS) is 52.8. The van der Waals surface area contributed by atoms with Crippen LogP contribution in [-0.2, 0) is 4.79 Å². The van der Waals surface area contributed by atoms with E-state index in [1.54, 1.807) is 0 Å². The summed E-state index contributed by atoms with van der Waals surface area (Å²) in [5.74, 6) is 6.56. The van der Waals surface area contributed by atoms with Gasteiger partial charge in [-0.1, -0.05) is 53.9 Å². The van der Waals surface area contributed by atoms with Gasteiger partial charge in [0.15, 0.2) is 0 Å². The van der Waals surface area contributed by atoms with Gasteiger partial charge >= 0.3 is 0 Å². The summed E-state index contributed by atoms with van der Waals surface area (Å²) in [6.07, 6.45) is 15.1. The quantitative estimate of drug-likeness (QED) is 0.486. The van der Waals surface area contributed by atoms with Gasteiger partial charge in [-0.25, -0.2) is 0 Å². The maximum Gasteiger partial charge on any atom is 0.137 e. The van der Waals surface area contributed by atoms with Gasteiger partial charge in [-0.2, -0.15) is 0 Å². The first-order chi connectivity index (χ1) is 13.3. The second-order valence-corrected chi connectivity index (χ2v) is 12.8. The zero-order chi connectivity index (χ0) is 19.9. The first kappa shape index (κ1) is 19.6. The monoisotopic (exact) mass is 384 g/mol. The molecular formula is C27H44O. The molecule has 9 atom stereocenters. The molecule has 5 aliphatic rings. The summed E-state index contributed by atoms with van der Waals surface area (Å²) < 4.78 is 0. The Morgan fingerprint density at radius 1 is 0.929 bits per heavy atom. The largest absolute Gasteiger partial charge is 0.299 e. The van der Waals surface area contributed by atoms with Crippen molar-refractivity contribution >= 4 is 5.78 Å². The first-order valence-corrected chi connectivity index (χ1v) is 12.8. The molecule has 158 valence electrons. The second kappa shape index (κ2) is 6.34. The summed E-state index contributed by atoms with van der Waals surface area (Å²) in [6, 6.07) is 0. The Morgan fingerprint density at radius 2 is 1.71 bits per heavy atom. The van der Waals surface area contributed by atoms with Gasteiger partial charge in [-0.3, -0.25) is 4.79 Å². The van der Waals surface area contributed by atoms with Gasteiger partial charge in [-0.05, 0) is 96.7 Å². The summed E-state index contributed by atoms with van der Waals surface area (Å²) in [6.45, 7) is 12.6. The number of carbonyl (C=O) groups is 1. The van der Waals surface area contributed by atoms with Gasteiger partial charge < -0.3 is 0 Å². The van der Waals surface area contributed by atoms with Crippen molar-refractivity contribution in [2.45, 2.75) is 105 Å². The summed E-state index contributed by atoms with van der Waals surface area (Å²) in [5.41, 5.74) is 1.45. The lowest BCUT2D eigenvalue weighted by Gasteiger charge is -2.55. The molecule has 5 rings (SSSR count). The molecule has 5 aliphatic carbocycles. The number of Topliss-reactive ketones (excluding diaryl/α,β-unsaturated/α-hetero) is 1. The smallest absolute Gasteiger partial charge is 0.137 e. The van der Waals surface area contributed by atoms with Gasteiger partial charge in [0.2, 0.25) is 0 Å². The minimum absolute atomic E-state index is 0.396. The lowest BCUT2D eigenvalue weighted by molar-refractivity contribution is -0.121. The number of hydrogen-bond donors (Lipinski definition) is 0. The van der Waals surface area contributed by atoms with E-state index in [1.165, 1.54) is 64.2 Å². The molecule has 0 aliphatic heterocycles. The molecule has 5 fully saturated rings. The van der Waals surface area contributed by atoms with Crippen LogP contribution in [0.4, 0.5) is 0 Å². The zero-order valence-electron chi connectivity index (χ0n) is 19.2. The zero-order valence-corrected chi connectivity index (χ0v) is 19.2. The molecule has 0 unspecified atom stereocenters. The van der Waals surface area contributed by atoms with Gasteiger partial charge in [0, 0.05) is 12.3 Å². The van der Waals surface area contributed by atoms with E-state index in [9.17, 15) is 4.79 Å². The number of ketones is 1. The SMILES string of the molecule is CC(C)CCC[C@@H](C)[C@H]1CC[C@H]2[C@@H]3CC[C@@]45CCC(=O)[C@@H]4[C@]5(C)[C@H]3CC[C@]12C. The van der Waals surface area contributed by atoms with Gasteiger partial charge in [0.05, 0.1) is 0 Å². The maximum absolute atomic E-state index is 12.6. The molecule has 0 N–H and O–H groups in total. The van der Waals surface area contributed by atoms with Crippen molar-refractivity contribution in [3.05, 3.63) is 0 Å². The lowest BCUT2D eigenvalue weighted by atomic mass is 9.50. The van der Waals surface area contributed by atoms with Crippen LogP contribution in [0.1, 0.15) is 105 Å². The highest BCUT2D eigenvalue weighted by Crippen LogP contribution is 2.85. The summed E-state index contributed by atoms with van der Waals surface area (Å²) in [5, 5.41) is 0. The molecule has 1 nitrogen and oxygen atoms in total. The van der Waals surface area contributed by atoms with Crippen molar-refractivity contribution in [2.75, 3.05) is 0 Å². The van der Waals surface area contributed by atoms with E-state index in [1.807, 2.05) is 0 Å². The number of carbonyl (C=O) groups excluding carboxylic acids is 1. The van der Waals surface area contributed by atoms with Crippen LogP contribution in [0.15, 0.2) is 0 Å². The molecule has 28 heavy (non-hydrogen) atoms. The Labute approximate surface area is 173 Å². The molecular weight excluding hydrogens is 340 g/mol. The Morgan fingerprint density at radius 3 is 2.46 bits per heavy atom. The molecule has 0 aromatic carbocycles. The third kappa shape index (κ3) is 2.34. The topological polar surface area (TPSA) is 17.1 Å². The van der Waals surface area contributed by atoms with Crippen LogP contribution in [0.25, 0.3) is 0 Å². The highest BCUT2D eigenvalue weighted by atomic mass is 16.1. The van der Waals surface area contributed by atoms with Crippen molar-refractivity contribution in [1.82, 2.24) is 0 Å². The van der Waals surface area contributed by atoms with E-state index >= 15 is 0 Å².